The van der Waals surface area contributed by atoms with Gasteiger partial charge in [0.05, 0.1) is 10.4 Å². The summed E-state index contributed by atoms with van der Waals surface area (Å²) in [6.07, 6.45) is 1.66. The van der Waals surface area contributed by atoms with E-state index >= 15 is 0 Å². The van der Waals surface area contributed by atoms with E-state index < -0.39 is 5.41 Å². The molecule has 2 aliphatic rings. The third-order valence-electron chi connectivity index (χ3n) is 4.15. The Morgan fingerprint density at radius 1 is 1.41 bits per heavy atom. The minimum atomic E-state index is -0.490. The van der Waals surface area contributed by atoms with Crippen molar-refractivity contribution >= 4 is 23.1 Å². The molecule has 1 aliphatic heterocycles. The van der Waals surface area contributed by atoms with Gasteiger partial charge in [0.15, 0.2) is 0 Å². The van der Waals surface area contributed by atoms with Gasteiger partial charge >= 0.3 is 0 Å². The van der Waals surface area contributed by atoms with Crippen molar-refractivity contribution in [3.63, 3.8) is 0 Å². The summed E-state index contributed by atoms with van der Waals surface area (Å²) in [7, 11) is 4.13. The molecular weight excluding hydrogens is 234 g/mol. The SMILES string of the molecule is CC1CN(C(=O)C2(C(N)=S)CC2)CC1N(C)C. The zero-order valence-electron chi connectivity index (χ0n) is 10.8. The molecule has 0 aromatic heterocycles. The van der Waals surface area contributed by atoms with E-state index in [-0.39, 0.29) is 5.91 Å². The zero-order valence-corrected chi connectivity index (χ0v) is 11.6. The second-order valence-electron chi connectivity index (χ2n) is 5.66. The van der Waals surface area contributed by atoms with Crippen molar-refractivity contribution < 1.29 is 4.79 Å². The van der Waals surface area contributed by atoms with Crippen LogP contribution >= 0.6 is 12.2 Å². The fourth-order valence-corrected chi connectivity index (χ4v) is 3.07. The summed E-state index contributed by atoms with van der Waals surface area (Å²) in [5, 5.41) is 0. The molecule has 2 atom stereocenters. The van der Waals surface area contributed by atoms with Crippen molar-refractivity contribution in [1.82, 2.24) is 9.80 Å². The summed E-state index contributed by atoms with van der Waals surface area (Å²) >= 11 is 5.04. The van der Waals surface area contributed by atoms with Crippen LogP contribution in [0.3, 0.4) is 0 Å². The lowest BCUT2D eigenvalue weighted by atomic mass is 10.1. The van der Waals surface area contributed by atoms with Crippen molar-refractivity contribution in [1.29, 1.82) is 0 Å². The third-order valence-corrected chi connectivity index (χ3v) is 4.54. The van der Waals surface area contributed by atoms with Gasteiger partial charge < -0.3 is 15.5 Å². The number of amides is 1. The molecule has 0 aromatic carbocycles. The largest absolute Gasteiger partial charge is 0.392 e. The maximum absolute atomic E-state index is 12.4. The molecule has 0 spiro atoms. The Morgan fingerprint density at radius 3 is 2.35 bits per heavy atom. The summed E-state index contributed by atoms with van der Waals surface area (Å²) in [4.78, 5) is 16.9. The number of carbonyl (C=O) groups is 1. The normalized spacial score (nSPS) is 30.7. The van der Waals surface area contributed by atoms with E-state index in [1.807, 2.05) is 4.90 Å². The minimum absolute atomic E-state index is 0.154. The van der Waals surface area contributed by atoms with E-state index in [9.17, 15) is 4.79 Å². The van der Waals surface area contributed by atoms with Gasteiger partial charge in [0.2, 0.25) is 5.91 Å². The second kappa shape index (κ2) is 4.21. The number of nitrogens with two attached hydrogens (primary N) is 1. The lowest BCUT2D eigenvalue weighted by Crippen LogP contribution is -2.43. The summed E-state index contributed by atoms with van der Waals surface area (Å²) in [5.74, 6) is 0.664. The van der Waals surface area contributed by atoms with Gasteiger partial charge in [-0.05, 0) is 32.9 Å². The number of nitrogens with zero attached hydrogens (tertiary/aromatic N) is 2. The van der Waals surface area contributed by atoms with E-state index in [1.54, 1.807) is 0 Å². The Kier molecular flexibility index (Phi) is 3.16. The molecule has 2 fully saturated rings. The van der Waals surface area contributed by atoms with E-state index in [2.05, 4.69) is 25.9 Å². The third kappa shape index (κ3) is 2.06. The number of rotatable bonds is 3. The van der Waals surface area contributed by atoms with Crippen molar-refractivity contribution in [2.45, 2.75) is 25.8 Å². The van der Waals surface area contributed by atoms with Crippen molar-refractivity contribution in [3.05, 3.63) is 0 Å². The zero-order chi connectivity index (χ0) is 12.8. The molecule has 0 radical (unpaired) electrons. The summed E-state index contributed by atoms with van der Waals surface area (Å²) < 4.78 is 0. The maximum Gasteiger partial charge on any atom is 0.235 e. The van der Waals surface area contributed by atoms with Gasteiger partial charge in [-0.2, -0.15) is 0 Å². The van der Waals surface area contributed by atoms with Gasteiger partial charge in [-0.3, -0.25) is 4.79 Å². The number of thiocarbonyl (C=S) groups is 1. The average molecular weight is 255 g/mol. The molecule has 0 aromatic rings. The quantitative estimate of drug-likeness (QED) is 0.745. The smallest absolute Gasteiger partial charge is 0.235 e. The standard InChI is InChI=1S/C12H21N3OS/c1-8-6-15(7-9(8)14(2)3)11(16)12(4-5-12)10(13)17/h8-9H,4-7H2,1-3H3,(H2,13,17). The number of likely N-dealkylation sites (tertiary alicyclic amines) is 1. The fraction of sp³-hybridized carbons (Fsp3) is 0.833. The fourth-order valence-electron chi connectivity index (χ4n) is 2.78. The molecule has 2 N–H and O–H groups in total. The molecule has 1 saturated carbocycles. The molecule has 96 valence electrons. The molecule has 2 rings (SSSR count). The van der Waals surface area contributed by atoms with Crippen LogP contribution in [0, 0.1) is 11.3 Å². The molecule has 1 amide bonds. The Bertz CT molecular complexity index is 352. The molecular formula is C12H21N3OS. The molecule has 4 nitrogen and oxygen atoms in total. The summed E-state index contributed by atoms with van der Waals surface area (Å²) in [6.45, 7) is 3.82. The highest BCUT2D eigenvalue weighted by Crippen LogP contribution is 2.48. The molecule has 5 heteroatoms. The lowest BCUT2D eigenvalue weighted by Gasteiger charge is -2.24. The first-order chi connectivity index (χ1) is 7.88. The van der Waals surface area contributed by atoms with E-state index in [1.165, 1.54) is 0 Å². The molecule has 0 bridgehead atoms. The van der Waals surface area contributed by atoms with E-state index in [0.717, 1.165) is 25.9 Å². The average Bonchev–Trinajstić information content (AvgIpc) is 2.96. The van der Waals surface area contributed by atoms with Gasteiger partial charge in [0.1, 0.15) is 0 Å². The monoisotopic (exact) mass is 255 g/mol. The minimum Gasteiger partial charge on any atom is -0.392 e. The molecule has 1 aliphatic carbocycles. The first-order valence-corrected chi connectivity index (χ1v) is 6.55. The highest BCUT2D eigenvalue weighted by molar-refractivity contribution is 7.80. The molecule has 2 unspecified atom stereocenters. The van der Waals surface area contributed by atoms with Crippen molar-refractivity contribution in [2.75, 3.05) is 27.2 Å². The van der Waals surface area contributed by atoms with Crippen LogP contribution in [0.4, 0.5) is 0 Å². The highest BCUT2D eigenvalue weighted by Gasteiger charge is 2.55. The molecule has 1 saturated heterocycles. The van der Waals surface area contributed by atoms with Gasteiger partial charge in [0, 0.05) is 19.1 Å². The first kappa shape index (κ1) is 12.8. The van der Waals surface area contributed by atoms with Crippen LogP contribution in [0.1, 0.15) is 19.8 Å². The van der Waals surface area contributed by atoms with Gasteiger partial charge in [0.25, 0.3) is 0 Å². The topological polar surface area (TPSA) is 49.6 Å². The van der Waals surface area contributed by atoms with Gasteiger partial charge in [-0.25, -0.2) is 0 Å². The van der Waals surface area contributed by atoms with Crippen molar-refractivity contribution in [2.24, 2.45) is 17.1 Å². The van der Waals surface area contributed by atoms with Crippen LogP contribution in [-0.4, -0.2) is 53.9 Å². The molecule has 1 heterocycles. The Labute approximate surface area is 108 Å². The van der Waals surface area contributed by atoms with Gasteiger partial charge in [-0.15, -0.1) is 0 Å². The van der Waals surface area contributed by atoms with Crippen molar-refractivity contribution in [3.8, 4) is 0 Å². The first-order valence-electron chi connectivity index (χ1n) is 6.14. The predicted octanol–water partition coefficient (Wildman–Crippen LogP) is 0.461. The number of hydrogen-bond donors (Lipinski definition) is 1. The maximum atomic E-state index is 12.4. The number of likely N-dealkylation sites (N-methyl/N-ethyl adjacent to an activating group) is 1. The van der Waals surface area contributed by atoms with Crippen LogP contribution < -0.4 is 5.73 Å². The van der Waals surface area contributed by atoms with Crippen LogP contribution in [0.2, 0.25) is 0 Å². The Balaban J connectivity index is 2.06. The lowest BCUT2D eigenvalue weighted by molar-refractivity contribution is -0.133. The number of carbonyl (C=O) groups excluding carboxylic acids is 1. The second-order valence-corrected chi connectivity index (χ2v) is 6.10. The molecule has 17 heavy (non-hydrogen) atoms. The Hall–Kier alpha value is -0.680. The number of hydrogen-bond acceptors (Lipinski definition) is 3. The Morgan fingerprint density at radius 2 is 2.00 bits per heavy atom. The van der Waals surface area contributed by atoms with E-state index in [0.29, 0.717) is 16.9 Å². The predicted molar refractivity (Wildman–Crippen MR) is 71.7 cm³/mol. The highest BCUT2D eigenvalue weighted by atomic mass is 32.1. The van der Waals surface area contributed by atoms with Crippen LogP contribution in [0.15, 0.2) is 0 Å². The van der Waals surface area contributed by atoms with E-state index in [4.69, 9.17) is 18.0 Å². The van der Waals surface area contributed by atoms with Crippen LogP contribution in [0.5, 0.6) is 0 Å². The van der Waals surface area contributed by atoms with Gasteiger partial charge in [-0.1, -0.05) is 19.1 Å². The summed E-state index contributed by atoms with van der Waals surface area (Å²) in [6, 6.07) is 0.445. The summed E-state index contributed by atoms with van der Waals surface area (Å²) in [5.41, 5.74) is 5.21. The van der Waals surface area contributed by atoms with Crippen LogP contribution in [0.25, 0.3) is 0 Å². The van der Waals surface area contributed by atoms with Crippen LogP contribution in [-0.2, 0) is 4.79 Å².